The molecular weight excluding hydrogens is 633 g/mol. The molecule has 4 heteroatoms. The first-order valence-corrected chi connectivity index (χ1v) is 19.4. The normalized spacial score (nSPS) is 21.3. The second-order valence-electron chi connectivity index (χ2n) is 16.4. The molecule has 4 aromatic rings. The summed E-state index contributed by atoms with van der Waals surface area (Å²) in [7, 11) is 0. The van der Waals surface area contributed by atoms with Gasteiger partial charge in [-0.2, -0.15) is 0 Å². The van der Waals surface area contributed by atoms with Gasteiger partial charge in [0.05, 0.1) is 11.4 Å². The zero-order chi connectivity index (χ0) is 36.2. The van der Waals surface area contributed by atoms with E-state index in [-0.39, 0.29) is 10.8 Å². The van der Waals surface area contributed by atoms with Crippen LogP contribution in [0.3, 0.4) is 0 Å². The Bertz CT molecular complexity index is 2160. The highest BCUT2D eigenvalue weighted by Gasteiger charge is 2.41. The van der Waals surface area contributed by atoms with Crippen LogP contribution in [-0.4, -0.2) is 21.8 Å². The quantitative estimate of drug-likeness (QED) is 0.143. The van der Waals surface area contributed by atoms with Crippen LogP contribution in [0.25, 0.3) is 11.8 Å². The maximum atomic E-state index is 6.13. The van der Waals surface area contributed by atoms with Gasteiger partial charge in [0, 0.05) is 57.8 Å². The Morgan fingerprint density at radius 3 is 2.12 bits per heavy atom. The van der Waals surface area contributed by atoms with Crippen LogP contribution in [0.4, 0.5) is 17.1 Å². The van der Waals surface area contributed by atoms with Gasteiger partial charge in [0.1, 0.15) is 11.4 Å². The van der Waals surface area contributed by atoms with E-state index in [1.54, 1.807) is 0 Å². The second kappa shape index (κ2) is 13.3. The highest BCUT2D eigenvalue weighted by molar-refractivity contribution is 5.79. The van der Waals surface area contributed by atoms with Gasteiger partial charge < -0.3 is 9.47 Å². The van der Waals surface area contributed by atoms with E-state index in [9.17, 15) is 0 Å². The molecule has 8 rings (SSSR count). The molecule has 2 aromatic carbocycles. The number of anilines is 2. The molecule has 0 radical (unpaired) electrons. The maximum absolute atomic E-state index is 6.13. The van der Waals surface area contributed by atoms with Gasteiger partial charge in [0.2, 0.25) is 0 Å². The topological polar surface area (TPSA) is 33.4 Å². The van der Waals surface area contributed by atoms with Gasteiger partial charge in [-0.25, -0.2) is 0 Å². The Hall–Kier alpha value is -4.88. The van der Waals surface area contributed by atoms with Crippen LogP contribution in [-0.2, 0) is 17.3 Å². The lowest BCUT2D eigenvalue weighted by Crippen LogP contribution is -2.32. The van der Waals surface area contributed by atoms with Crippen LogP contribution in [0, 0.1) is 18.3 Å². The Morgan fingerprint density at radius 2 is 1.50 bits per heavy atom. The number of allylic oxidation sites excluding steroid dienone is 5. The number of pyridine rings is 1. The lowest BCUT2D eigenvalue weighted by Gasteiger charge is -2.36. The van der Waals surface area contributed by atoms with Gasteiger partial charge >= 0.3 is 0 Å². The van der Waals surface area contributed by atoms with Crippen molar-refractivity contribution in [1.82, 2.24) is 9.55 Å². The average molecular weight is 685 g/mol. The van der Waals surface area contributed by atoms with E-state index in [1.807, 2.05) is 19.3 Å². The largest absolute Gasteiger partial charge is 0.336 e. The highest BCUT2D eigenvalue weighted by Crippen LogP contribution is 2.50. The van der Waals surface area contributed by atoms with Crippen LogP contribution in [0.2, 0.25) is 0 Å². The third-order valence-electron chi connectivity index (χ3n) is 12.7. The standard InChI is InChI=1S/C48H52N4/c1-8-41-45(49-9-2)40-29-16-32(3)31-44(40)51(41)37-25-21-35(22-26-37)47(4,5)33-17-19-34(20-18-33)48(6,7)36-23-27-38(28-24-36)52-42-14-11-10-13-39(42)46-43(52)15-12-30-50-46/h1,9,12,15-17,19,21-30,32,39,42H,10-11,13-14,18,20,31H2,2-7H3/b49-9-. The summed E-state index contributed by atoms with van der Waals surface area (Å²) in [5.74, 6) is 3.98. The van der Waals surface area contributed by atoms with Crippen molar-refractivity contribution in [2.75, 3.05) is 4.90 Å². The molecule has 0 spiro atoms. The predicted molar refractivity (Wildman–Crippen MR) is 219 cm³/mol. The Balaban J connectivity index is 1.03. The summed E-state index contributed by atoms with van der Waals surface area (Å²) in [5, 5.41) is 0. The van der Waals surface area contributed by atoms with Crippen molar-refractivity contribution in [1.29, 1.82) is 0 Å². The number of hydrogen-bond acceptors (Lipinski definition) is 3. The van der Waals surface area contributed by atoms with Gasteiger partial charge in [-0.1, -0.05) is 107 Å². The Labute approximate surface area is 311 Å². The summed E-state index contributed by atoms with van der Waals surface area (Å²) in [6, 6.07) is 23.4. The molecule has 3 heterocycles. The van der Waals surface area contributed by atoms with Crippen molar-refractivity contribution in [3.63, 3.8) is 0 Å². The minimum atomic E-state index is -0.0931. The van der Waals surface area contributed by atoms with E-state index in [0.29, 0.717) is 17.9 Å². The Kier molecular flexibility index (Phi) is 8.73. The monoisotopic (exact) mass is 684 g/mol. The molecule has 3 unspecified atom stereocenters. The van der Waals surface area contributed by atoms with Crippen molar-refractivity contribution in [2.45, 2.75) is 109 Å². The Morgan fingerprint density at radius 1 is 0.865 bits per heavy atom. The van der Waals surface area contributed by atoms with Gasteiger partial charge in [0.15, 0.2) is 0 Å². The molecule has 264 valence electrons. The van der Waals surface area contributed by atoms with Gasteiger partial charge in [-0.05, 0) is 98.4 Å². The number of nitrogens with zero attached hydrogens (tertiary/aromatic N) is 4. The van der Waals surface area contributed by atoms with E-state index in [0.717, 1.165) is 41.9 Å². The van der Waals surface area contributed by atoms with Crippen molar-refractivity contribution < 1.29 is 0 Å². The summed E-state index contributed by atoms with van der Waals surface area (Å²) in [4.78, 5) is 12.2. The molecule has 52 heavy (non-hydrogen) atoms. The fourth-order valence-corrected chi connectivity index (χ4v) is 9.58. The first kappa shape index (κ1) is 34.2. The van der Waals surface area contributed by atoms with Crippen molar-refractivity contribution in [3.05, 3.63) is 130 Å². The number of aliphatic imine (C=N–C) groups is 1. The van der Waals surface area contributed by atoms with Crippen LogP contribution in [0.5, 0.6) is 0 Å². The van der Waals surface area contributed by atoms with E-state index < -0.39 is 0 Å². The third kappa shape index (κ3) is 5.61. The minimum Gasteiger partial charge on any atom is -0.336 e. The zero-order valence-electron chi connectivity index (χ0n) is 31.8. The molecule has 4 nitrogen and oxygen atoms in total. The molecule has 0 amide bonds. The summed E-state index contributed by atoms with van der Waals surface area (Å²) < 4.78 is 2.26. The fraction of sp³-hybridized carbons (Fsp3) is 0.375. The van der Waals surface area contributed by atoms with E-state index in [2.05, 4.69) is 135 Å². The number of hydrogen-bond donors (Lipinski definition) is 0. The average Bonchev–Trinajstić information content (AvgIpc) is 3.67. The van der Waals surface area contributed by atoms with Crippen LogP contribution < -0.4 is 4.90 Å². The lowest BCUT2D eigenvalue weighted by molar-refractivity contribution is 0.398. The molecule has 1 saturated carbocycles. The van der Waals surface area contributed by atoms with Crippen molar-refractivity contribution in [2.24, 2.45) is 10.9 Å². The molecule has 0 saturated heterocycles. The van der Waals surface area contributed by atoms with Gasteiger partial charge in [0.25, 0.3) is 0 Å². The van der Waals surface area contributed by atoms with E-state index >= 15 is 0 Å². The predicted octanol–water partition coefficient (Wildman–Crippen LogP) is 11.9. The summed E-state index contributed by atoms with van der Waals surface area (Å²) in [5.41, 5.74) is 14.6. The van der Waals surface area contributed by atoms with Gasteiger partial charge in [-0.15, -0.1) is 6.42 Å². The molecule has 0 N–H and O–H groups in total. The number of benzene rings is 2. The molecule has 2 aromatic heterocycles. The molecule has 3 atom stereocenters. The summed E-state index contributed by atoms with van der Waals surface area (Å²) in [6.07, 6.45) is 27.4. The van der Waals surface area contributed by atoms with Crippen LogP contribution >= 0.6 is 0 Å². The molecular formula is C48H52N4. The third-order valence-corrected chi connectivity index (χ3v) is 12.7. The number of rotatable bonds is 7. The molecule has 0 bridgehead atoms. The molecule has 1 aliphatic heterocycles. The SMILES string of the molecule is C#Cc1c(/N=C\C)c2c(n1-c1ccc(C(C)(C)C3=CC=C(C(C)(C)c4ccc(N5c6cccnc6C6CCCCC65)cc4)CC3)cc1)CC(C)C=C2. The fourth-order valence-electron chi connectivity index (χ4n) is 9.58. The summed E-state index contributed by atoms with van der Waals surface area (Å²) >= 11 is 0. The minimum absolute atomic E-state index is 0.0534. The zero-order valence-corrected chi connectivity index (χ0v) is 31.8. The first-order chi connectivity index (χ1) is 25.1. The smallest absolute Gasteiger partial charge is 0.123 e. The highest BCUT2D eigenvalue weighted by atomic mass is 15.2. The van der Waals surface area contributed by atoms with Crippen LogP contribution in [0.15, 0.2) is 101 Å². The first-order valence-electron chi connectivity index (χ1n) is 19.4. The number of aromatic nitrogens is 2. The van der Waals surface area contributed by atoms with E-state index in [4.69, 9.17) is 16.4 Å². The van der Waals surface area contributed by atoms with Gasteiger partial charge in [-0.3, -0.25) is 9.98 Å². The number of fused-ring (bicyclic) bond motifs is 4. The lowest BCUT2D eigenvalue weighted by atomic mass is 9.69. The van der Waals surface area contributed by atoms with Crippen molar-refractivity contribution in [3.8, 4) is 18.0 Å². The molecule has 1 fully saturated rings. The molecule has 4 aliphatic rings. The second-order valence-corrected chi connectivity index (χ2v) is 16.4. The van der Waals surface area contributed by atoms with Crippen LogP contribution in [0.1, 0.15) is 120 Å². The molecule has 3 aliphatic carbocycles. The number of terminal acetylenes is 1. The summed E-state index contributed by atoms with van der Waals surface area (Å²) in [6.45, 7) is 13.7. The maximum Gasteiger partial charge on any atom is 0.123 e. The van der Waals surface area contributed by atoms with Crippen molar-refractivity contribution >= 4 is 29.4 Å². The van der Waals surface area contributed by atoms with E-state index in [1.165, 1.54) is 70.7 Å².